The number of nitrogens with zero attached hydrogens (tertiary/aromatic N) is 1. The van der Waals surface area contributed by atoms with Crippen LogP contribution in [0.2, 0.25) is 0 Å². The summed E-state index contributed by atoms with van der Waals surface area (Å²) in [4.78, 5) is 24.7. The highest BCUT2D eigenvalue weighted by Crippen LogP contribution is 2.13. The molecule has 0 aromatic rings. The molecule has 4 nitrogen and oxygen atoms in total. The van der Waals surface area contributed by atoms with Crippen molar-refractivity contribution in [3.8, 4) is 0 Å². The zero-order valence-corrected chi connectivity index (χ0v) is 10.5. The van der Waals surface area contributed by atoms with Crippen LogP contribution in [0.25, 0.3) is 0 Å². The zero-order valence-electron chi connectivity index (χ0n) is 10.5. The Morgan fingerprint density at radius 2 is 2.19 bits per heavy atom. The van der Waals surface area contributed by atoms with Crippen molar-refractivity contribution in [1.29, 1.82) is 0 Å². The van der Waals surface area contributed by atoms with Gasteiger partial charge >= 0.3 is 0 Å². The molecule has 16 heavy (non-hydrogen) atoms. The second kappa shape index (κ2) is 5.87. The molecule has 0 aromatic carbocycles. The maximum Gasteiger partial charge on any atom is 0.222 e. The van der Waals surface area contributed by atoms with Crippen LogP contribution in [0.4, 0.5) is 0 Å². The summed E-state index contributed by atoms with van der Waals surface area (Å²) < 4.78 is 0. The van der Waals surface area contributed by atoms with Gasteiger partial charge in [0.2, 0.25) is 11.8 Å². The van der Waals surface area contributed by atoms with Gasteiger partial charge in [0.05, 0.1) is 0 Å². The highest BCUT2D eigenvalue weighted by Gasteiger charge is 2.25. The Bertz CT molecular complexity index is 264. The molecule has 0 aromatic heterocycles. The quantitative estimate of drug-likeness (QED) is 0.764. The van der Waals surface area contributed by atoms with E-state index in [-0.39, 0.29) is 17.9 Å². The lowest BCUT2D eigenvalue weighted by atomic mass is 10.0. The minimum atomic E-state index is 0.0605. The van der Waals surface area contributed by atoms with Crippen LogP contribution in [-0.2, 0) is 9.59 Å². The third-order valence-corrected chi connectivity index (χ3v) is 3.06. The third kappa shape index (κ3) is 3.51. The molecule has 4 heteroatoms. The molecule has 1 saturated heterocycles. The van der Waals surface area contributed by atoms with Crippen LogP contribution in [0.1, 0.15) is 40.0 Å². The van der Waals surface area contributed by atoms with Gasteiger partial charge < -0.3 is 10.2 Å². The Morgan fingerprint density at radius 3 is 2.62 bits per heavy atom. The van der Waals surface area contributed by atoms with Crippen LogP contribution in [0.3, 0.4) is 0 Å². The lowest BCUT2D eigenvalue weighted by molar-refractivity contribution is -0.129. The van der Waals surface area contributed by atoms with Crippen molar-refractivity contribution in [3.63, 3.8) is 0 Å². The van der Waals surface area contributed by atoms with E-state index in [1.807, 2.05) is 11.8 Å². The van der Waals surface area contributed by atoms with E-state index in [1.54, 1.807) is 0 Å². The molecule has 0 spiro atoms. The van der Waals surface area contributed by atoms with E-state index in [9.17, 15) is 9.59 Å². The fourth-order valence-corrected chi connectivity index (χ4v) is 1.87. The number of carbonyl (C=O) groups is 2. The molecule has 0 unspecified atom stereocenters. The van der Waals surface area contributed by atoms with Gasteiger partial charge in [-0.1, -0.05) is 20.8 Å². The normalized spacial score (nSPS) is 18.0. The van der Waals surface area contributed by atoms with Crippen LogP contribution in [0, 0.1) is 5.92 Å². The monoisotopic (exact) mass is 226 g/mol. The van der Waals surface area contributed by atoms with Gasteiger partial charge in [-0.3, -0.25) is 9.59 Å². The van der Waals surface area contributed by atoms with Crippen LogP contribution in [0.15, 0.2) is 0 Å². The lowest BCUT2D eigenvalue weighted by Crippen LogP contribution is -2.46. The number of hydrogen-bond acceptors (Lipinski definition) is 2. The van der Waals surface area contributed by atoms with E-state index >= 15 is 0 Å². The molecule has 1 atom stereocenters. The average Bonchev–Trinajstić information content (AvgIpc) is 2.63. The lowest BCUT2D eigenvalue weighted by Gasteiger charge is -2.27. The van der Waals surface area contributed by atoms with Gasteiger partial charge in [-0.25, -0.2) is 0 Å². The summed E-state index contributed by atoms with van der Waals surface area (Å²) in [5.74, 6) is 0.630. The molecule has 1 rings (SSSR count). The Balaban J connectivity index is 2.50. The van der Waals surface area contributed by atoms with Crippen molar-refractivity contribution in [2.45, 2.75) is 46.1 Å². The predicted molar refractivity (Wildman–Crippen MR) is 62.9 cm³/mol. The Hall–Kier alpha value is -1.06. The fraction of sp³-hybridized carbons (Fsp3) is 0.833. The molecule has 92 valence electrons. The SMILES string of the molecule is CCC(=O)N[C@@H](CN1CCCC1=O)C(C)C. The molecule has 1 aliphatic rings. The van der Waals surface area contributed by atoms with Gasteiger partial charge in [0, 0.05) is 32.0 Å². The third-order valence-electron chi connectivity index (χ3n) is 3.06. The number of carbonyl (C=O) groups excluding carboxylic acids is 2. The van der Waals surface area contributed by atoms with Crippen LogP contribution >= 0.6 is 0 Å². The molecule has 0 radical (unpaired) electrons. The molecule has 0 aliphatic carbocycles. The number of rotatable bonds is 5. The summed E-state index contributed by atoms with van der Waals surface area (Å²) in [5, 5.41) is 2.98. The second-order valence-electron chi connectivity index (χ2n) is 4.71. The van der Waals surface area contributed by atoms with Gasteiger partial charge in [-0.05, 0) is 12.3 Å². The first-order chi connectivity index (χ1) is 7.54. The standard InChI is InChI=1S/C12H22N2O2/c1-4-11(15)13-10(9(2)3)8-14-7-5-6-12(14)16/h9-10H,4-8H2,1-3H3,(H,13,15)/t10-/m0/s1. The highest BCUT2D eigenvalue weighted by molar-refractivity contribution is 5.78. The summed E-state index contributed by atoms with van der Waals surface area (Å²) in [6, 6.07) is 0.0782. The molecule has 1 fully saturated rings. The number of hydrogen-bond donors (Lipinski definition) is 1. The summed E-state index contributed by atoms with van der Waals surface area (Å²) in [6.45, 7) is 7.47. The van der Waals surface area contributed by atoms with E-state index < -0.39 is 0 Å². The topological polar surface area (TPSA) is 49.4 Å². The summed E-state index contributed by atoms with van der Waals surface area (Å²) in [7, 11) is 0. The van der Waals surface area contributed by atoms with Crippen molar-refractivity contribution < 1.29 is 9.59 Å². The number of nitrogens with one attached hydrogen (secondary N) is 1. The molecule has 0 saturated carbocycles. The van der Waals surface area contributed by atoms with Crippen LogP contribution < -0.4 is 5.32 Å². The van der Waals surface area contributed by atoms with E-state index in [2.05, 4.69) is 19.2 Å². The van der Waals surface area contributed by atoms with Crippen molar-refractivity contribution in [1.82, 2.24) is 10.2 Å². The van der Waals surface area contributed by atoms with Crippen molar-refractivity contribution in [2.75, 3.05) is 13.1 Å². The molecule has 1 aliphatic heterocycles. The summed E-state index contributed by atoms with van der Waals surface area (Å²) in [5.41, 5.74) is 0. The van der Waals surface area contributed by atoms with Crippen LogP contribution in [-0.4, -0.2) is 35.8 Å². The summed E-state index contributed by atoms with van der Waals surface area (Å²) >= 11 is 0. The van der Waals surface area contributed by atoms with Crippen LogP contribution in [0.5, 0.6) is 0 Å². The van der Waals surface area contributed by atoms with Gasteiger partial charge in [-0.15, -0.1) is 0 Å². The minimum Gasteiger partial charge on any atom is -0.351 e. The largest absolute Gasteiger partial charge is 0.351 e. The maximum absolute atomic E-state index is 11.5. The molecule has 0 bridgehead atoms. The first-order valence-corrected chi connectivity index (χ1v) is 6.11. The second-order valence-corrected chi connectivity index (χ2v) is 4.71. The number of amides is 2. The van der Waals surface area contributed by atoms with Crippen molar-refractivity contribution in [2.24, 2.45) is 5.92 Å². The summed E-state index contributed by atoms with van der Waals surface area (Å²) in [6.07, 6.45) is 2.11. The van der Waals surface area contributed by atoms with Gasteiger partial charge in [-0.2, -0.15) is 0 Å². The first kappa shape index (κ1) is 13.0. The molecular formula is C12H22N2O2. The minimum absolute atomic E-state index is 0.0605. The zero-order chi connectivity index (χ0) is 12.1. The molecule has 1 N–H and O–H groups in total. The van der Waals surface area contributed by atoms with Crippen molar-refractivity contribution in [3.05, 3.63) is 0 Å². The van der Waals surface area contributed by atoms with Gasteiger partial charge in [0.1, 0.15) is 0 Å². The fourth-order valence-electron chi connectivity index (χ4n) is 1.87. The smallest absolute Gasteiger partial charge is 0.222 e. The van der Waals surface area contributed by atoms with Gasteiger partial charge in [0.25, 0.3) is 0 Å². The first-order valence-electron chi connectivity index (χ1n) is 6.11. The Kier molecular flexibility index (Phi) is 4.77. The molecule has 2 amide bonds. The maximum atomic E-state index is 11.5. The van der Waals surface area contributed by atoms with E-state index in [0.717, 1.165) is 13.0 Å². The molecular weight excluding hydrogens is 204 g/mol. The van der Waals surface area contributed by atoms with Gasteiger partial charge in [0.15, 0.2) is 0 Å². The van der Waals surface area contributed by atoms with E-state index in [0.29, 0.717) is 25.3 Å². The highest BCUT2D eigenvalue weighted by atomic mass is 16.2. The Labute approximate surface area is 97.4 Å². The Morgan fingerprint density at radius 1 is 1.50 bits per heavy atom. The average molecular weight is 226 g/mol. The predicted octanol–water partition coefficient (Wildman–Crippen LogP) is 1.16. The van der Waals surface area contributed by atoms with Crippen molar-refractivity contribution >= 4 is 11.8 Å². The molecule has 1 heterocycles. The van der Waals surface area contributed by atoms with E-state index in [1.165, 1.54) is 0 Å². The van der Waals surface area contributed by atoms with E-state index in [4.69, 9.17) is 0 Å². The number of likely N-dealkylation sites (tertiary alicyclic amines) is 1.